The van der Waals surface area contributed by atoms with E-state index in [2.05, 4.69) is 17.0 Å². The summed E-state index contributed by atoms with van der Waals surface area (Å²) >= 11 is 0. The molecule has 1 fully saturated rings. The predicted octanol–water partition coefficient (Wildman–Crippen LogP) is 1.78. The zero-order valence-electron chi connectivity index (χ0n) is 12.2. The van der Waals surface area contributed by atoms with E-state index >= 15 is 0 Å². The summed E-state index contributed by atoms with van der Waals surface area (Å²) < 4.78 is 5.61. The van der Waals surface area contributed by atoms with Crippen LogP contribution in [0.5, 0.6) is 0 Å². The van der Waals surface area contributed by atoms with Gasteiger partial charge in [-0.15, -0.1) is 0 Å². The van der Waals surface area contributed by atoms with E-state index in [9.17, 15) is 0 Å². The number of oxime groups is 1. The van der Waals surface area contributed by atoms with Gasteiger partial charge in [0.25, 0.3) is 0 Å². The third-order valence-electron chi connectivity index (χ3n) is 3.99. The SMILES string of the molecule is COC1(C)CCCN(Cc2ccc(/C(N)=N/O)cc2)C1. The topological polar surface area (TPSA) is 71.1 Å². The fraction of sp³-hybridized carbons (Fsp3) is 0.533. The second-order valence-electron chi connectivity index (χ2n) is 5.65. The van der Waals surface area contributed by atoms with Crippen LogP contribution in [-0.4, -0.2) is 41.7 Å². The standard InChI is InChI=1S/C15H23N3O2/c1-15(20-2)8-3-9-18(11-15)10-12-4-6-13(7-5-12)14(16)17-19/h4-7,19H,3,8-11H2,1-2H3,(H2,16,17). The number of likely N-dealkylation sites (tertiary alicyclic amines) is 1. The zero-order chi connectivity index (χ0) is 14.6. The molecule has 1 heterocycles. The maximum absolute atomic E-state index is 8.64. The van der Waals surface area contributed by atoms with E-state index in [0.717, 1.165) is 38.0 Å². The van der Waals surface area contributed by atoms with Crippen molar-refractivity contribution < 1.29 is 9.94 Å². The predicted molar refractivity (Wildman–Crippen MR) is 78.9 cm³/mol. The zero-order valence-corrected chi connectivity index (χ0v) is 12.2. The van der Waals surface area contributed by atoms with Gasteiger partial charge in [-0.2, -0.15) is 0 Å². The number of hydrogen-bond acceptors (Lipinski definition) is 4. The number of piperidine rings is 1. The molecule has 5 heteroatoms. The highest BCUT2D eigenvalue weighted by Crippen LogP contribution is 2.25. The van der Waals surface area contributed by atoms with Crippen molar-refractivity contribution in [2.75, 3.05) is 20.2 Å². The van der Waals surface area contributed by atoms with E-state index in [-0.39, 0.29) is 11.4 Å². The van der Waals surface area contributed by atoms with Crippen LogP contribution in [0, 0.1) is 0 Å². The lowest BCUT2D eigenvalue weighted by Gasteiger charge is -2.39. The molecule has 110 valence electrons. The Morgan fingerprint density at radius 1 is 1.45 bits per heavy atom. The summed E-state index contributed by atoms with van der Waals surface area (Å²) in [6.45, 7) is 5.11. The lowest BCUT2D eigenvalue weighted by atomic mass is 9.94. The second kappa shape index (κ2) is 6.24. The Hall–Kier alpha value is -1.59. The van der Waals surface area contributed by atoms with E-state index in [1.165, 1.54) is 5.56 Å². The van der Waals surface area contributed by atoms with Crippen LogP contribution in [0.4, 0.5) is 0 Å². The van der Waals surface area contributed by atoms with Crippen LogP contribution in [0.15, 0.2) is 29.4 Å². The molecule has 1 aliphatic heterocycles. The summed E-state index contributed by atoms with van der Waals surface area (Å²) in [6, 6.07) is 7.80. The summed E-state index contributed by atoms with van der Waals surface area (Å²) in [5.41, 5.74) is 7.47. The van der Waals surface area contributed by atoms with Crippen LogP contribution < -0.4 is 5.73 Å². The normalized spacial score (nSPS) is 24.8. The maximum atomic E-state index is 8.64. The molecule has 1 aromatic rings. The van der Waals surface area contributed by atoms with Crippen LogP contribution in [0.3, 0.4) is 0 Å². The monoisotopic (exact) mass is 277 g/mol. The molecule has 2 rings (SSSR count). The molecule has 1 saturated heterocycles. The van der Waals surface area contributed by atoms with Crippen molar-refractivity contribution in [3.8, 4) is 0 Å². The van der Waals surface area contributed by atoms with E-state index in [0.29, 0.717) is 0 Å². The number of amidine groups is 1. The first kappa shape index (κ1) is 14.8. The van der Waals surface area contributed by atoms with Gasteiger partial charge in [-0.3, -0.25) is 4.90 Å². The van der Waals surface area contributed by atoms with Crippen molar-refractivity contribution in [1.29, 1.82) is 0 Å². The Bertz CT molecular complexity index is 473. The third kappa shape index (κ3) is 3.49. The molecule has 1 atom stereocenters. The number of hydrogen-bond donors (Lipinski definition) is 2. The molecule has 0 aliphatic carbocycles. The van der Waals surface area contributed by atoms with Gasteiger partial charge in [0.1, 0.15) is 0 Å². The smallest absolute Gasteiger partial charge is 0.170 e. The van der Waals surface area contributed by atoms with Crippen molar-refractivity contribution >= 4 is 5.84 Å². The number of nitrogens with zero attached hydrogens (tertiary/aromatic N) is 2. The molecule has 20 heavy (non-hydrogen) atoms. The van der Waals surface area contributed by atoms with Crippen LogP contribution in [0.1, 0.15) is 30.9 Å². The largest absolute Gasteiger partial charge is 0.409 e. The summed E-state index contributed by atoms with van der Waals surface area (Å²) in [5, 5.41) is 11.6. The Balaban J connectivity index is 2.00. The Labute approximate surface area is 120 Å². The van der Waals surface area contributed by atoms with Gasteiger partial charge in [0, 0.05) is 25.8 Å². The van der Waals surface area contributed by atoms with E-state index < -0.39 is 0 Å². The third-order valence-corrected chi connectivity index (χ3v) is 3.99. The summed E-state index contributed by atoms with van der Waals surface area (Å²) in [6.07, 6.45) is 2.27. The van der Waals surface area contributed by atoms with Gasteiger partial charge in [0.2, 0.25) is 0 Å². The van der Waals surface area contributed by atoms with Crippen LogP contribution in [-0.2, 0) is 11.3 Å². The minimum Gasteiger partial charge on any atom is -0.409 e. The average molecular weight is 277 g/mol. The fourth-order valence-electron chi connectivity index (χ4n) is 2.71. The Morgan fingerprint density at radius 3 is 2.75 bits per heavy atom. The molecule has 0 aromatic heterocycles. The first-order chi connectivity index (χ1) is 9.56. The molecule has 0 bridgehead atoms. The van der Waals surface area contributed by atoms with Gasteiger partial charge in [0.15, 0.2) is 5.84 Å². The first-order valence-electron chi connectivity index (χ1n) is 6.91. The summed E-state index contributed by atoms with van der Waals surface area (Å²) in [5.74, 6) is 0.140. The molecule has 1 aromatic carbocycles. The highest BCUT2D eigenvalue weighted by atomic mass is 16.5. The summed E-state index contributed by atoms with van der Waals surface area (Å²) in [7, 11) is 1.79. The highest BCUT2D eigenvalue weighted by molar-refractivity contribution is 5.96. The number of rotatable bonds is 4. The minimum absolute atomic E-state index is 0.0356. The first-order valence-corrected chi connectivity index (χ1v) is 6.91. The van der Waals surface area contributed by atoms with Gasteiger partial charge in [0.05, 0.1) is 5.60 Å². The number of ether oxygens (including phenoxy) is 1. The maximum Gasteiger partial charge on any atom is 0.170 e. The van der Waals surface area contributed by atoms with E-state index in [1.54, 1.807) is 7.11 Å². The Kier molecular flexibility index (Phi) is 4.62. The number of benzene rings is 1. The number of methoxy groups -OCH3 is 1. The molecule has 1 aliphatic rings. The van der Waals surface area contributed by atoms with Gasteiger partial charge in [-0.1, -0.05) is 29.4 Å². The molecular weight excluding hydrogens is 254 g/mol. The van der Waals surface area contributed by atoms with E-state index in [1.807, 2.05) is 24.3 Å². The second-order valence-corrected chi connectivity index (χ2v) is 5.65. The van der Waals surface area contributed by atoms with Crippen molar-refractivity contribution in [3.05, 3.63) is 35.4 Å². The molecule has 3 N–H and O–H groups in total. The van der Waals surface area contributed by atoms with E-state index in [4.69, 9.17) is 15.7 Å². The molecule has 0 radical (unpaired) electrons. The van der Waals surface area contributed by atoms with Crippen LogP contribution in [0.2, 0.25) is 0 Å². The van der Waals surface area contributed by atoms with Gasteiger partial charge >= 0.3 is 0 Å². The quantitative estimate of drug-likeness (QED) is 0.381. The van der Waals surface area contributed by atoms with Gasteiger partial charge < -0.3 is 15.7 Å². The summed E-state index contributed by atoms with van der Waals surface area (Å²) in [4.78, 5) is 2.41. The molecule has 5 nitrogen and oxygen atoms in total. The lowest BCUT2D eigenvalue weighted by molar-refractivity contribution is -0.0527. The molecule has 0 amide bonds. The fourth-order valence-corrected chi connectivity index (χ4v) is 2.71. The van der Waals surface area contributed by atoms with Crippen molar-refractivity contribution in [1.82, 2.24) is 4.90 Å². The van der Waals surface area contributed by atoms with Crippen molar-refractivity contribution in [2.24, 2.45) is 10.9 Å². The molecule has 0 spiro atoms. The molecular formula is C15H23N3O2. The van der Waals surface area contributed by atoms with Gasteiger partial charge in [-0.25, -0.2) is 0 Å². The molecule has 0 saturated carbocycles. The highest BCUT2D eigenvalue weighted by Gasteiger charge is 2.30. The average Bonchev–Trinajstić information content (AvgIpc) is 2.47. The van der Waals surface area contributed by atoms with Crippen LogP contribution in [0.25, 0.3) is 0 Å². The van der Waals surface area contributed by atoms with Crippen molar-refractivity contribution in [2.45, 2.75) is 31.9 Å². The lowest BCUT2D eigenvalue weighted by Crippen LogP contribution is -2.46. The van der Waals surface area contributed by atoms with Gasteiger partial charge in [-0.05, 0) is 31.9 Å². The Morgan fingerprint density at radius 2 is 2.15 bits per heavy atom. The molecule has 1 unspecified atom stereocenters. The minimum atomic E-state index is -0.0356. The van der Waals surface area contributed by atoms with Crippen molar-refractivity contribution in [3.63, 3.8) is 0 Å². The van der Waals surface area contributed by atoms with Crippen LogP contribution >= 0.6 is 0 Å². The number of nitrogens with two attached hydrogens (primary N) is 1.